The van der Waals surface area contributed by atoms with Gasteiger partial charge in [-0.15, -0.1) is 0 Å². The first-order valence-electron chi connectivity index (χ1n) is 9.58. The molecule has 2 aliphatic rings. The lowest BCUT2D eigenvalue weighted by Gasteiger charge is -2.36. The molecule has 32 heavy (non-hydrogen) atoms. The quantitative estimate of drug-likeness (QED) is 0.593. The van der Waals surface area contributed by atoms with Crippen molar-refractivity contribution in [2.45, 2.75) is 18.7 Å². The molecule has 170 valence electrons. The van der Waals surface area contributed by atoms with Gasteiger partial charge in [-0.05, 0) is 18.2 Å². The molecule has 12 heteroatoms. The summed E-state index contributed by atoms with van der Waals surface area (Å²) in [7, 11) is 0. The minimum atomic E-state index is -4.52. The molecule has 6 nitrogen and oxygen atoms in total. The van der Waals surface area contributed by atoms with Crippen LogP contribution in [0.15, 0.2) is 35.6 Å². The Morgan fingerprint density at radius 2 is 1.72 bits per heavy atom. The Hall–Kier alpha value is -2.23. The molecule has 1 aromatic heterocycles. The third-order valence-electron chi connectivity index (χ3n) is 5.24. The van der Waals surface area contributed by atoms with Crippen LogP contribution in [0.25, 0.3) is 0 Å². The first kappa shape index (κ1) is 22.9. The van der Waals surface area contributed by atoms with Crippen LogP contribution in [0.4, 0.5) is 19.0 Å². The monoisotopic (exact) mass is 506 g/mol. The van der Waals surface area contributed by atoms with Gasteiger partial charge in [-0.25, -0.2) is 4.98 Å². The highest BCUT2D eigenvalue weighted by molar-refractivity contribution is 6.40. The number of anilines is 1. The van der Waals surface area contributed by atoms with Gasteiger partial charge < -0.3 is 14.6 Å². The Morgan fingerprint density at radius 1 is 1.06 bits per heavy atom. The summed E-state index contributed by atoms with van der Waals surface area (Å²) >= 11 is 18.4. The molecule has 1 saturated heterocycles. The number of hydrogen-bond acceptors (Lipinski definition) is 5. The number of carbonyl (C=O) groups excluding carboxylic acids is 1. The fourth-order valence-corrected chi connectivity index (χ4v) is 4.49. The van der Waals surface area contributed by atoms with Crippen LogP contribution in [0.3, 0.4) is 0 Å². The molecule has 4 rings (SSSR count). The van der Waals surface area contributed by atoms with Gasteiger partial charge in [0.15, 0.2) is 0 Å². The predicted molar refractivity (Wildman–Crippen MR) is 116 cm³/mol. The highest BCUT2D eigenvalue weighted by Crippen LogP contribution is 2.34. The van der Waals surface area contributed by atoms with E-state index in [1.54, 1.807) is 28.0 Å². The molecular formula is C20H16Cl3F3N4O2. The molecular weight excluding hydrogens is 492 g/mol. The molecule has 1 amide bonds. The summed E-state index contributed by atoms with van der Waals surface area (Å²) in [4.78, 5) is 25.5. The standard InChI is InChI=1S/C20H16Cl3F3N4O2/c21-12-2-1-3-13(22)17(12)15-9-16(32-28-15)19(31)30-6-4-29(5-7-30)18-14(23)8-11(10-27-18)20(24,25)26/h1-3,8,10,16H,4-7,9H2/t16-/m0/s1. The molecule has 1 fully saturated rings. The summed E-state index contributed by atoms with van der Waals surface area (Å²) in [5.41, 5.74) is 0.130. The third-order valence-corrected chi connectivity index (χ3v) is 6.14. The molecule has 0 spiro atoms. The van der Waals surface area contributed by atoms with E-state index in [-0.39, 0.29) is 23.2 Å². The first-order valence-corrected chi connectivity index (χ1v) is 10.7. The number of nitrogens with zero attached hydrogens (tertiary/aromatic N) is 4. The summed E-state index contributed by atoms with van der Waals surface area (Å²) in [6.45, 7) is 1.39. The van der Waals surface area contributed by atoms with Gasteiger partial charge in [0.25, 0.3) is 5.91 Å². The highest BCUT2D eigenvalue weighted by atomic mass is 35.5. The Morgan fingerprint density at radius 3 is 2.31 bits per heavy atom. The van der Waals surface area contributed by atoms with E-state index in [1.165, 1.54) is 0 Å². The molecule has 1 atom stereocenters. The topological polar surface area (TPSA) is 58.0 Å². The number of piperazine rings is 1. The second-order valence-electron chi connectivity index (χ2n) is 7.27. The number of alkyl halides is 3. The lowest BCUT2D eigenvalue weighted by atomic mass is 10.0. The molecule has 1 aromatic carbocycles. The largest absolute Gasteiger partial charge is 0.417 e. The van der Waals surface area contributed by atoms with Crippen LogP contribution < -0.4 is 4.90 Å². The SMILES string of the molecule is O=C([C@@H]1CC(c2c(Cl)cccc2Cl)=NO1)N1CCN(c2ncc(C(F)(F)F)cc2Cl)CC1. The van der Waals surface area contributed by atoms with Crippen LogP contribution in [-0.2, 0) is 15.8 Å². The molecule has 0 saturated carbocycles. The van der Waals surface area contributed by atoms with Crippen LogP contribution in [0.5, 0.6) is 0 Å². The minimum Gasteiger partial charge on any atom is -0.382 e. The number of pyridine rings is 1. The van der Waals surface area contributed by atoms with E-state index in [0.717, 1.165) is 12.3 Å². The van der Waals surface area contributed by atoms with Crippen molar-refractivity contribution in [1.29, 1.82) is 0 Å². The maximum atomic E-state index is 12.9. The zero-order chi connectivity index (χ0) is 23.0. The fraction of sp³-hybridized carbons (Fsp3) is 0.350. The second-order valence-corrected chi connectivity index (χ2v) is 8.49. The molecule has 0 bridgehead atoms. The average Bonchev–Trinajstić information content (AvgIpc) is 3.22. The Kier molecular flexibility index (Phi) is 6.42. The van der Waals surface area contributed by atoms with Crippen molar-refractivity contribution in [1.82, 2.24) is 9.88 Å². The van der Waals surface area contributed by atoms with Crippen LogP contribution in [0, 0.1) is 0 Å². The van der Waals surface area contributed by atoms with E-state index in [4.69, 9.17) is 39.6 Å². The summed E-state index contributed by atoms with van der Waals surface area (Å²) in [6, 6.07) is 5.93. The number of benzene rings is 1. The number of rotatable bonds is 3. The number of carbonyl (C=O) groups is 1. The van der Waals surface area contributed by atoms with E-state index in [0.29, 0.717) is 47.5 Å². The van der Waals surface area contributed by atoms with E-state index in [9.17, 15) is 18.0 Å². The molecule has 2 aromatic rings. The number of amides is 1. The fourth-order valence-electron chi connectivity index (χ4n) is 3.59. The molecule has 2 aliphatic heterocycles. The number of aromatic nitrogens is 1. The summed E-state index contributed by atoms with van der Waals surface area (Å²) in [5, 5.41) is 4.75. The highest BCUT2D eigenvalue weighted by Gasteiger charge is 2.36. The second kappa shape index (κ2) is 8.96. The number of oxime groups is 1. The maximum absolute atomic E-state index is 12.9. The van der Waals surface area contributed by atoms with Gasteiger partial charge >= 0.3 is 6.18 Å². The summed E-state index contributed by atoms with van der Waals surface area (Å²) in [5.74, 6) is 0.0147. The molecule has 0 aliphatic carbocycles. The maximum Gasteiger partial charge on any atom is 0.417 e. The Labute approximate surface area is 196 Å². The van der Waals surface area contributed by atoms with E-state index in [1.807, 2.05) is 0 Å². The van der Waals surface area contributed by atoms with Crippen molar-refractivity contribution in [3.05, 3.63) is 56.7 Å². The zero-order valence-electron chi connectivity index (χ0n) is 16.4. The lowest BCUT2D eigenvalue weighted by molar-refractivity contribution is -0.142. The molecule has 3 heterocycles. The van der Waals surface area contributed by atoms with E-state index < -0.39 is 17.8 Å². The van der Waals surface area contributed by atoms with Gasteiger partial charge in [0.2, 0.25) is 6.10 Å². The normalized spacial score (nSPS) is 19.1. The number of halogens is 6. The van der Waals surface area contributed by atoms with Gasteiger partial charge in [-0.2, -0.15) is 13.2 Å². The van der Waals surface area contributed by atoms with Crippen molar-refractivity contribution in [3.63, 3.8) is 0 Å². The van der Waals surface area contributed by atoms with Gasteiger partial charge in [0.05, 0.1) is 26.3 Å². The zero-order valence-corrected chi connectivity index (χ0v) is 18.6. The van der Waals surface area contributed by atoms with Gasteiger partial charge in [0, 0.05) is 44.4 Å². The van der Waals surface area contributed by atoms with Crippen molar-refractivity contribution < 1.29 is 22.8 Å². The first-order chi connectivity index (χ1) is 15.1. The number of hydrogen-bond donors (Lipinski definition) is 0. The third kappa shape index (κ3) is 4.60. The molecule has 0 radical (unpaired) electrons. The summed E-state index contributed by atoms with van der Waals surface area (Å²) in [6.07, 6.45) is -4.33. The summed E-state index contributed by atoms with van der Waals surface area (Å²) < 4.78 is 38.5. The van der Waals surface area contributed by atoms with Crippen molar-refractivity contribution >= 4 is 52.2 Å². The van der Waals surface area contributed by atoms with Gasteiger partial charge in [-0.3, -0.25) is 4.79 Å². The van der Waals surface area contributed by atoms with Crippen LogP contribution in [0.2, 0.25) is 15.1 Å². The minimum absolute atomic E-state index is 0.0895. The molecule has 0 N–H and O–H groups in total. The van der Waals surface area contributed by atoms with Gasteiger partial charge in [-0.1, -0.05) is 46.0 Å². The van der Waals surface area contributed by atoms with Crippen molar-refractivity contribution in [2.24, 2.45) is 5.16 Å². The predicted octanol–water partition coefficient (Wildman–Crippen LogP) is 4.90. The van der Waals surface area contributed by atoms with E-state index >= 15 is 0 Å². The smallest absolute Gasteiger partial charge is 0.382 e. The van der Waals surface area contributed by atoms with Crippen molar-refractivity contribution in [2.75, 3.05) is 31.1 Å². The van der Waals surface area contributed by atoms with Crippen LogP contribution >= 0.6 is 34.8 Å². The van der Waals surface area contributed by atoms with Crippen molar-refractivity contribution in [3.8, 4) is 0 Å². The Bertz CT molecular complexity index is 1050. The molecule has 0 unspecified atom stereocenters. The van der Waals surface area contributed by atoms with Gasteiger partial charge in [0.1, 0.15) is 5.82 Å². The van der Waals surface area contributed by atoms with Crippen LogP contribution in [0.1, 0.15) is 17.5 Å². The van der Waals surface area contributed by atoms with E-state index in [2.05, 4.69) is 10.1 Å². The lowest BCUT2D eigenvalue weighted by Crippen LogP contribution is -2.51. The average molecular weight is 508 g/mol. The Balaban J connectivity index is 1.37. The van der Waals surface area contributed by atoms with Crippen LogP contribution in [-0.4, -0.2) is 53.8 Å².